The van der Waals surface area contributed by atoms with Crippen molar-refractivity contribution in [3.63, 3.8) is 0 Å². The smallest absolute Gasteiger partial charge is 0.240 e. The second kappa shape index (κ2) is 5.76. The lowest BCUT2D eigenvalue weighted by Gasteiger charge is -2.08. The van der Waals surface area contributed by atoms with Gasteiger partial charge in [-0.2, -0.15) is 0 Å². The van der Waals surface area contributed by atoms with Gasteiger partial charge in [0, 0.05) is 12.2 Å². The molecule has 1 heterocycles. The number of rotatable bonds is 5. The summed E-state index contributed by atoms with van der Waals surface area (Å²) >= 11 is 0. The van der Waals surface area contributed by atoms with Gasteiger partial charge in [-0.05, 0) is 44.0 Å². The average Bonchev–Trinajstić information content (AvgIpc) is 2.77. The highest BCUT2D eigenvalue weighted by Crippen LogP contribution is 2.25. The van der Waals surface area contributed by atoms with E-state index in [1.807, 2.05) is 19.9 Å². The first-order valence-electron chi connectivity index (χ1n) is 6.46. The summed E-state index contributed by atoms with van der Waals surface area (Å²) in [5.74, 6) is -0.105. The van der Waals surface area contributed by atoms with Gasteiger partial charge < -0.3 is 5.32 Å². The number of sulfonamides is 1. The highest BCUT2D eigenvalue weighted by Gasteiger charge is 2.21. The molecule has 1 aromatic carbocycles. The Morgan fingerprint density at radius 1 is 1.45 bits per heavy atom. The molecule has 2 rings (SSSR count). The van der Waals surface area contributed by atoms with Crippen LogP contribution < -0.4 is 10.0 Å². The summed E-state index contributed by atoms with van der Waals surface area (Å²) in [6.45, 7) is 4.25. The minimum absolute atomic E-state index is 0.105. The number of nitrogens with one attached hydrogen (secondary N) is 2. The van der Waals surface area contributed by atoms with Gasteiger partial charge in [0.25, 0.3) is 0 Å². The van der Waals surface area contributed by atoms with E-state index in [9.17, 15) is 13.2 Å². The maximum Gasteiger partial charge on any atom is 0.240 e. The Morgan fingerprint density at radius 2 is 2.20 bits per heavy atom. The minimum Gasteiger partial charge on any atom is -0.326 e. The zero-order valence-corrected chi connectivity index (χ0v) is 12.4. The second-order valence-corrected chi connectivity index (χ2v) is 6.59. The van der Waals surface area contributed by atoms with Crippen LogP contribution >= 0.6 is 0 Å². The number of carbonyl (C=O) groups excluding carboxylic acids is 1. The molecular weight excluding hydrogens is 276 g/mol. The lowest BCUT2D eigenvalue weighted by molar-refractivity contribution is -0.115. The summed E-state index contributed by atoms with van der Waals surface area (Å²) in [5, 5.41) is 2.68. The van der Waals surface area contributed by atoms with Crippen molar-refractivity contribution in [2.45, 2.75) is 31.6 Å². The molecule has 5 nitrogen and oxygen atoms in total. The van der Waals surface area contributed by atoms with Crippen LogP contribution in [0.15, 0.2) is 34.7 Å². The summed E-state index contributed by atoms with van der Waals surface area (Å²) in [7, 11) is -3.52. The molecule has 1 aliphatic heterocycles. The van der Waals surface area contributed by atoms with Crippen LogP contribution in [0, 0.1) is 0 Å². The van der Waals surface area contributed by atoms with Crippen molar-refractivity contribution in [2.75, 3.05) is 11.9 Å². The van der Waals surface area contributed by atoms with Gasteiger partial charge in [0.1, 0.15) is 0 Å². The first-order valence-corrected chi connectivity index (χ1v) is 7.95. The Morgan fingerprint density at radius 3 is 2.90 bits per heavy atom. The number of benzene rings is 1. The highest BCUT2D eigenvalue weighted by atomic mass is 32.2. The second-order valence-electron chi connectivity index (χ2n) is 4.83. The molecule has 0 saturated heterocycles. The molecule has 0 atom stereocenters. The van der Waals surface area contributed by atoms with Crippen LogP contribution in [0.1, 0.15) is 25.8 Å². The van der Waals surface area contributed by atoms with E-state index < -0.39 is 10.0 Å². The maximum absolute atomic E-state index is 12.1. The fourth-order valence-electron chi connectivity index (χ4n) is 1.98. The van der Waals surface area contributed by atoms with Crippen LogP contribution in [-0.2, 0) is 21.2 Å². The van der Waals surface area contributed by atoms with E-state index >= 15 is 0 Å². The molecule has 0 unspecified atom stereocenters. The molecule has 1 amide bonds. The summed E-state index contributed by atoms with van der Waals surface area (Å²) < 4.78 is 26.9. The molecule has 20 heavy (non-hydrogen) atoms. The molecule has 0 fully saturated rings. The maximum atomic E-state index is 12.1. The van der Waals surface area contributed by atoms with Gasteiger partial charge >= 0.3 is 0 Å². The lowest BCUT2D eigenvalue weighted by Crippen LogP contribution is -2.25. The number of hydrogen-bond acceptors (Lipinski definition) is 3. The molecular formula is C14H18N2O3S. The van der Waals surface area contributed by atoms with Crippen molar-refractivity contribution >= 4 is 21.6 Å². The molecule has 0 aliphatic carbocycles. The topological polar surface area (TPSA) is 75.3 Å². The third-order valence-electron chi connectivity index (χ3n) is 3.32. The van der Waals surface area contributed by atoms with Crippen LogP contribution in [0.4, 0.5) is 5.69 Å². The predicted octanol–water partition coefficient (Wildman–Crippen LogP) is 1.82. The van der Waals surface area contributed by atoms with Crippen molar-refractivity contribution in [3.8, 4) is 0 Å². The van der Waals surface area contributed by atoms with Gasteiger partial charge in [-0.1, -0.05) is 11.6 Å². The standard InChI is InChI=1S/C14H18N2O3S/c1-3-10(2)6-7-15-20(18,19)12-4-5-13-11(8-12)9-14(17)16-13/h3-5,8,15H,6-7,9H2,1-2H3,(H,16,17). The van der Waals surface area contributed by atoms with Crippen molar-refractivity contribution in [2.24, 2.45) is 0 Å². The number of anilines is 1. The molecule has 0 saturated carbocycles. The Hall–Kier alpha value is -1.66. The first kappa shape index (κ1) is 14.7. The zero-order valence-electron chi connectivity index (χ0n) is 11.6. The Bertz CT molecular complexity index is 663. The third-order valence-corrected chi connectivity index (χ3v) is 4.78. The Labute approximate surface area is 119 Å². The van der Waals surface area contributed by atoms with E-state index in [1.165, 1.54) is 6.07 Å². The number of carbonyl (C=O) groups is 1. The van der Waals surface area contributed by atoms with Crippen LogP contribution in [0.2, 0.25) is 0 Å². The zero-order chi connectivity index (χ0) is 14.8. The molecule has 0 spiro atoms. The molecule has 0 aromatic heterocycles. The van der Waals surface area contributed by atoms with Gasteiger partial charge in [-0.15, -0.1) is 0 Å². The van der Waals surface area contributed by atoms with E-state index in [0.717, 1.165) is 11.1 Å². The van der Waals surface area contributed by atoms with Gasteiger partial charge in [-0.25, -0.2) is 13.1 Å². The largest absolute Gasteiger partial charge is 0.326 e. The first-order chi connectivity index (χ1) is 9.42. The van der Waals surface area contributed by atoms with Gasteiger partial charge in [0.05, 0.1) is 11.3 Å². The number of hydrogen-bond donors (Lipinski definition) is 2. The van der Waals surface area contributed by atoms with E-state index in [2.05, 4.69) is 10.0 Å². The Kier molecular flexibility index (Phi) is 4.25. The monoisotopic (exact) mass is 294 g/mol. The van der Waals surface area contributed by atoms with Gasteiger partial charge in [-0.3, -0.25) is 4.79 Å². The molecule has 2 N–H and O–H groups in total. The van der Waals surface area contributed by atoms with E-state index in [1.54, 1.807) is 12.1 Å². The fourth-order valence-corrected chi connectivity index (χ4v) is 3.07. The summed E-state index contributed by atoms with van der Waals surface area (Å²) in [6.07, 6.45) is 2.87. The summed E-state index contributed by atoms with van der Waals surface area (Å²) in [6, 6.07) is 4.69. The van der Waals surface area contributed by atoms with E-state index in [-0.39, 0.29) is 17.2 Å². The lowest BCUT2D eigenvalue weighted by atomic mass is 10.2. The normalized spacial score (nSPS) is 15.1. The third kappa shape index (κ3) is 3.26. The van der Waals surface area contributed by atoms with Crippen molar-refractivity contribution in [1.82, 2.24) is 4.72 Å². The van der Waals surface area contributed by atoms with Crippen molar-refractivity contribution in [3.05, 3.63) is 35.4 Å². The van der Waals surface area contributed by atoms with Crippen LogP contribution in [0.3, 0.4) is 0 Å². The Balaban J connectivity index is 2.11. The van der Waals surface area contributed by atoms with E-state index in [0.29, 0.717) is 18.7 Å². The fraction of sp³-hybridized carbons (Fsp3) is 0.357. The number of fused-ring (bicyclic) bond motifs is 1. The summed E-state index contributed by atoms with van der Waals surface area (Å²) in [5.41, 5.74) is 2.55. The molecule has 6 heteroatoms. The molecule has 1 aromatic rings. The molecule has 0 radical (unpaired) electrons. The average molecular weight is 294 g/mol. The molecule has 1 aliphatic rings. The van der Waals surface area contributed by atoms with Crippen molar-refractivity contribution < 1.29 is 13.2 Å². The molecule has 0 bridgehead atoms. The van der Waals surface area contributed by atoms with Gasteiger partial charge in [0.2, 0.25) is 15.9 Å². The summed E-state index contributed by atoms with van der Waals surface area (Å²) in [4.78, 5) is 11.5. The SMILES string of the molecule is CC=C(C)CCNS(=O)(=O)c1ccc2c(c1)CC(=O)N2. The highest BCUT2D eigenvalue weighted by molar-refractivity contribution is 7.89. The minimum atomic E-state index is -3.52. The van der Waals surface area contributed by atoms with E-state index in [4.69, 9.17) is 0 Å². The predicted molar refractivity (Wildman–Crippen MR) is 78.0 cm³/mol. The van der Waals surface area contributed by atoms with Crippen LogP contribution in [0.25, 0.3) is 0 Å². The van der Waals surface area contributed by atoms with Crippen LogP contribution in [-0.4, -0.2) is 20.9 Å². The van der Waals surface area contributed by atoms with Gasteiger partial charge in [0.15, 0.2) is 0 Å². The molecule has 108 valence electrons. The number of allylic oxidation sites excluding steroid dienone is 1. The van der Waals surface area contributed by atoms with Crippen LogP contribution in [0.5, 0.6) is 0 Å². The quantitative estimate of drug-likeness (QED) is 0.813. The van der Waals surface area contributed by atoms with Crippen molar-refractivity contribution in [1.29, 1.82) is 0 Å². The number of amides is 1.